The number of hydrogen-bond acceptors (Lipinski definition) is 9. The molecule has 31 heavy (non-hydrogen) atoms. The number of nitrogens with two attached hydrogens (primary N) is 2. The lowest BCUT2D eigenvalue weighted by Crippen LogP contribution is -2.37. The first-order valence-corrected chi connectivity index (χ1v) is 10.3. The third-order valence-electron chi connectivity index (χ3n) is 5.38. The first-order valence-electron chi connectivity index (χ1n) is 10.3. The van der Waals surface area contributed by atoms with Gasteiger partial charge < -0.3 is 27.5 Å². The van der Waals surface area contributed by atoms with Crippen LogP contribution in [0.15, 0.2) is 29.5 Å². The standard InChI is InChI=1S/C21H29N9O/c1-13-6-7-15(10-18(13)30-27-9-8-22)28-20-16(19(24)31)12-26-21(29-20)25-11-14-4-2-3-5-17(14)23/h6-10,12,14,17,22,30H,2-5,11,23H2,1H3,(H2,24,31)(H2,25,26,28,29)/b22-8?,27-9-/t14-,17-/m0/s1. The fraction of sp³-hybridized carbons (Fsp3) is 0.381. The van der Waals surface area contributed by atoms with Gasteiger partial charge in [-0.3, -0.25) is 10.2 Å². The van der Waals surface area contributed by atoms with E-state index in [0.717, 1.165) is 30.3 Å². The lowest BCUT2D eigenvalue weighted by Gasteiger charge is -2.28. The van der Waals surface area contributed by atoms with Gasteiger partial charge in [0.2, 0.25) is 5.95 Å². The predicted octanol–water partition coefficient (Wildman–Crippen LogP) is 2.60. The molecule has 2 aromatic rings. The maximum Gasteiger partial charge on any atom is 0.254 e. The molecular weight excluding hydrogens is 394 g/mol. The minimum absolute atomic E-state index is 0.178. The molecule has 3 rings (SSSR count). The minimum Gasteiger partial charge on any atom is -0.365 e. The number of aryl methyl sites for hydroxylation is 1. The first-order chi connectivity index (χ1) is 15.0. The van der Waals surface area contributed by atoms with E-state index in [1.807, 2.05) is 25.1 Å². The van der Waals surface area contributed by atoms with Gasteiger partial charge in [-0.05, 0) is 43.4 Å². The zero-order valence-electron chi connectivity index (χ0n) is 17.6. The molecule has 1 heterocycles. The highest BCUT2D eigenvalue weighted by Gasteiger charge is 2.22. The summed E-state index contributed by atoms with van der Waals surface area (Å²) in [5.74, 6) is 0.475. The molecule has 10 heteroatoms. The summed E-state index contributed by atoms with van der Waals surface area (Å²) >= 11 is 0. The molecule has 1 aliphatic carbocycles. The number of primary amides is 1. The molecule has 10 nitrogen and oxygen atoms in total. The fourth-order valence-electron chi connectivity index (χ4n) is 3.56. The molecular formula is C21H29N9O. The minimum atomic E-state index is -0.621. The van der Waals surface area contributed by atoms with Crippen LogP contribution in [0.4, 0.5) is 23.1 Å². The van der Waals surface area contributed by atoms with Crippen LogP contribution in [-0.2, 0) is 0 Å². The van der Waals surface area contributed by atoms with Gasteiger partial charge in [0.25, 0.3) is 5.91 Å². The van der Waals surface area contributed by atoms with Crippen molar-refractivity contribution in [1.82, 2.24) is 9.97 Å². The summed E-state index contributed by atoms with van der Waals surface area (Å²) in [7, 11) is 0. The lowest BCUT2D eigenvalue weighted by molar-refractivity contribution is 0.100. The van der Waals surface area contributed by atoms with Crippen molar-refractivity contribution in [2.45, 2.75) is 38.6 Å². The van der Waals surface area contributed by atoms with Crippen molar-refractivity contribution in [3.63, 3.8) is 0 Å². The number of carbonyl (C=O) groups is 1. The largest absolute Gasteiger partial charge is 0.365 e. The van der Waals surface area contributed by atoms with Crippen LogP contribution < -0.4 is 27.5 Å². The number of amides is 1. The Morgan fingerprint density at radius 3 is 2.90 bits per heavy atom. The van der Waals surface area contributed by atoms with Gasteiger partial charge >= 0.3 is 0 Å². The van der Waals surface area contributed by atoms with Gasteiger partial charge in [-0.15, -0.1) is 0 Å². The van der Waals surface area contributed by atoms with Crippen LogP contribution in [0, 0.1) is 18.3 Å². The molecule has 0 unspecified atom stereocenters. The molecule has 164 valence electrons. The first kappa shape index (κ1) is 22.2. The van der Waals surface area contributed by atoms with Gasteiger partial charge in [0.15, 0.2) is 0 Å². The Balaban J connectivity index is 1.78. The molecule has 0 spiro atoms. The summed E-state index contributed by atoms with van der Waals surface area (Å²) in [6, 6.07) is 5.77. The molecule has 1 saturated carbocycles. The van der Waals surface area contributed by atoms with E-state index in [2.05, 4.69) is 31.1 Å². The molecule has 2 atom stereocenters. The maximum absolute atomic E-state index is 11.9. The Labute approximate surface area is 181 Å². The SMILES string of the molecule is Cc1ccc(Nc2nc(NC[C@@H]3CCCC[C@@H]3N)ncc2C(N)=O)cc1N/N=C\C=N. The third-order valence-corrected chi connectivity index (χ3v) is 5.38. The summed E-state index contributed by atoms with van der Waals surface area (Å²) in [6.45, 7) is 2.61. The number of carbonyl (C=O) groups excluding carboxylic acids is 1. The molecule has 1 fully saturated rings. The Kier molecular flexibility index (Phi) is 7.50. The van der Waals surface area contributed by atoms with Crippen molar-refractivity contribution in [2.24, 2.45) is 22.5 Å². The Bertz CT molecular complexity index is 960. The Morgan fingerprint density at radius 2 is 2.16 bits per heavy atom. The summed E-state index contributed by atoms with van der Waals surface area (Å²) in [5.41, 5.74) is 17.2. The highest BCUT2D eigenvalue weighted by molar-refractivity contribution is 6.14. The van der Waals surface area contributed by atoms with E-state index in [-0.39, 0.29) is 11.6 Å². The van der Waals surface area contributed by atoms with Gasteiger partial charge in [0.05, 0.1) is 11.9 Å². The Morgan fingerprint density at radius 1 is 1.35 bits per heavy atom. The van der Waals surface area contributed by atoms with Crippen LogP contribution in [0.3, 0.4) is 0 Å². The van der Waals surface area contributed by atoms with E-state index in [9.17, 15) is 4.79 Å². The molecule has 8 N–H and O–H groups in total. The van der Waals surface area contributed by atoms with E-state index < -0.39 is 5.91 Å². The summed E-state index contributed by atoms with van der Waals surface area (Å²) in [5, 5.41) is 17.3. The van der Waals surface area contributed by atoms with Crippen molar-refractivity contribution < 1.29 is 4.79 Å². The number of aromatic nitrogens is 2. The molecule has 0 aliphatic heterocycles. The monoisotopic (exact) mass is 423 g/mol. The average Bonchev–Trinajstić information content (AvgIpc) is 2.75. The zero-order chi connectivity index (χ0) is 22.2. The van der Waals surface area contributed by atoms with E-state index in [0.29, 0.717) is 29.9 Å². The molecule has 0 radical (unpaired) electrons. The number of benzene rings is 1. The zero-order valence-corrected chi connectivity index (χ0v) is 17.6. The van der Waals surface area contributed by atoms with Gasteiger partial charge in [0.1, 0.15) is 11.4 Å². The third kappa shape index (κ3) is 5.98. The number of anilines is 4. The molecule has 0 bridgehead atoms. The summed E-state index contributed by atoms with van der Waals surface area (Å²) < 4.78 is 0. The number of hydrazone groups is 1. The van der Waals surface area contributed by atoms with Crippen LogP contribution in [-0.4, -0.2) is 40.9 Å². The van der Waals surface area contributed by atoms with Gasteiger partial charge in [-0.25, -0.2) is 4.98 Å². The topological polar surface area (TPSA) is 167 Å². The van der Waals surface area contributed by atoms with Crippen LogP contribution >= 0.6 is 0 Å². The van der Waals surface area contributed by atoms with Crippen molar-refractivity contribution in [3.05, 3.63) is 35.5 Å². The smallest absolute Gasteiger partial charge is 0.254 e. The quantitative estimate of drug-likeness (QED) is 0.266. The van der Waals surface area contributed by atoms with Gasteiger partial charge in [0, 0.05) is 30.7 Å². The second kappa shape index (κ2) is 10.5. The second-order valence-electron chi connectivity index (χ2n) is 7.62. The number of rotatable bonds is 9. The van der Waals surface area contributed by atoms with Gasteiger partial charge in [-0.2, -0.15) is 10.1 Å². The van der Waals surface area contributed by atoms with Crippen molar-refractivity contribution in [1.29, 1.82) is 5.41 Å². The van der Waals surface area contributed by atoms with Crippen LogP contribution in [0.5, 0.6) is 0 Å². The molecule has 0 saturated heterocycles. The van der Waals surface area contributed by atoms with Crippen molar-refractivity contribution >= 4 is 41.5 Å². The predicted molar refractivity (Wildman–Crippen MR) is 124 cm³/mol. The molecule has 1 aromatic carbocycles. The summed E-state index contributed by atoms with van der Waals surface area (Å²) in [6.07, 6.45) is 8.32. The van der Waals surface area contributed by atoms with E-state index in [1.165, 1.54) is 25.3 Å². The van der Waals surface area contributed by atoms with Crippen LogP contribution in [0.25, 0.3) is 0 Å². The van der Waals surface area contributed by atoms with E-state index in [4.69, 9.17) is 16.9 Å². The fourth-order valence-corrected chi connectivity index (χ4v) is 3.56. The van der Waals surface area contributed by atoms with Crippen LogP contribution in [0.1, 0.15) is 41.6 Å². The second-order valence-corrected chi connectivity index (χ2v) is 7.62. The van der Waals surface area contributed by atoms with E-state index >= 15 is 0 Å². The molecule has 1 amide bonds. The normalized spacial score (nSPS) is 18.5. The maximum atomic E-state index is 11.9. The van der Waals surface area contributed by atoms with Crippen molar-refractivity contribution in [3.8, 4) is 0 Å². The average molecular weight is 424 g/mol. The number of hydrogen-bond donors (Lipinski definition) is 6. The number of nitrogens with zero attached hydrogens (tertiary/aromatic N) is 3. The highest BCUT2D eigenvalue weighted by atomic mass is 16.1. The molecule has 1 aromatic heterocycles. The van der Waals surface area contributed by atoms with E-state index in [1.54, 1.807) is 0 Å². The summed E-state index contributed by atoms with van der Waals surface area (Å²) in [4.78, 5) is 20.6. The number of nitrogens with one attached hydrogen (secondary N) is 4. The highest BCUT2D eigenvalue weighted by Crippen LogP contribution is 2.26. The lowest BCUT2D eigenvalue weighted by atomic mass is 9.85. The molecule has 1 aliphatic rings. The van der Waals surface area contributed by atoms with Crippen molar-refractivity contribution in [2.75, 3.05) is 22.6 Å². The van der Waals surface area contributed by atoms with Gasteiger partial charge in [-0.1, -0.05) is 18.9 Å². The Hall–Kier alpha value is -3.53. The van der Waals surface area contributed by atoms with Crippen LogP contribution in [0.2, 0.25) is 0 Å².